The highest BCUT2D eigenvalue weighted by Gasteiger charge is 2.63. The van der Waals surface area contributed by atoms with Crippen LogP contribution in [0.2, 0.25) is 0 Å². The van der Waals surface area contributed by atoms with E-state index in [0.29, 0.717) is 35.5 Å². The monoisotopic (exact) mass is 434 g/mol. The van der Waals surface area contributed by atoms with E-state index in [-0.39, 0.29) is 35.4 Å². The first-order valence-corrected chi connectivity index (χ1v) is 12.6. The van der Waals surface area contributed by atoms with Crippen LogP contribution in [0.5, 0.6) is 0 Å². The molecule has 0 heterocycles. The number of hydrogen-bond donors (Lipinski definition) is 2. The molecule has 4 saturated carbocycles. The van der Waals surface area contributed by atoms with Crippen LogP contribution in [0.25, 0.3) is 0 Å². The molecule has 5 unspecified atom stereocenters. The van der Waals surface area contributed by atoms with E-state index in [2.05, 4.69) is 20.8 Å². The largest absolute Gasteiger partial charge is 0.481 e. The summed E-state index contributed by atoms with van der Waals surface area (Å²) in [6, 6.07) is 0. The van der Waals surface area contributed by atoms with Crippen LogP contribution in [0, 0.1) is 46.3 Å². The summed E-state index contributed by atoms with van der Waals surface area (Å²) >= 11 is 0. The van der Waals surface area contributed by atoms with Gasteiger partial charge in [-0.25, -0.2) is 0 Å². The molecule has 10 atom stereocenters. The van der Waals surface area contributed by atoms with Gasteiger partial charge in [-0.05, 0) is 98.2 Å². The molecule has 31 heavy (non-hydrogen) atoms. The lowest BCUT2D eigenvalue weighted by atomic mass is 9.43. The predicted molar refractivity (Wildman–Crippen MR) is 118 cm³/mol. The Labute approximate surface area is 187 Å². The van der Waals surface area contributed by atoms with Crippen LogP contribution in [0.4, 0.5) is 0 Å². The SMILES string of the molecule is CC(=O)O[C@H]1CC2C[C@H](O)CC[C@]2(C)C2CC[C@@]3(C)C(CCC3[C@H](C)CCC(=O)O)C21. The Kier molecular flexibility index (Phi) is 6.22. The van der Waals surface area contributed by atoms with Crippen molar-refractivity contribution in [1.82, 2.24) is 0 Å². The molecule has 0 aliphatic heterocycles. The molecule has 0 radical (unpaired) electrons. The number of aliphatic hydroxyl groups is 1. The summed E-state index contributed by atoms with van der Waals surface area (Å²) in [4.78, 5) is 23.2. The Hall–Kier alpha value is -1.10. The Morgan fingerprint density at radius 3 is 2.39 bits per heavy atom. The molecule has 0 aromatic rings. The Morgan fingerprint density at radius 2 is 1.71 bits per heavy atom. The minimum atomic E-state index is -0.698. The average Bonchev–Trinajstić information content (AvgIpc) is 3.04. The minimum absolute atomic E-state index is 0.0384. The van der Waals surface area contributed by atoms with E-state index >= 15 is 0 Å². The van der Waals surface area contributed by atoms with E-state index in [4.69, 9.17) is 9.84 Å². The van der Waals surface area contributed by atoms with Crippen molar-refractivity contribution in [2.24, 2.45) is 46.3 Å². The summed E-state index contributed by atoms with van der Waals surface area (Å²) in [5.74, 6) is 2.00. The fourth-order valence-electron chi connectivity index (χ4n) is 9.04. The molecule has 4 aliphatic rings. The number of fused-ring (bicyclic) bond motifs is 5. The van der Waals surface area contributed by atoms with Crippen LogP contribution < -0.4 is 0 Å². The van der Waals surface area contributed by atoms with Gasteiger partial charge in [0.25, 0.3) is 0 Å². The number of esters is 1. The molecule has 4 fully saturated rings. The number of hydrogen-bond acceptors (Lipinski definition) is 4. The molecule has 0 aromatic carbocycles. The summed E-state index contributed by atoms with van der Waals surface area (Å²) in [7, 11) is 0. The first-order chi connectivity index (χ1) is 14.6. The van der Waals surface area contributed by atoms with E-state index in [0.717, 1.165) is 38.5 Å². The molecule has 0 saturated heterocycles. The molecular weight excluding hydrogens is 392 g/mol. The second-order valence-corrected chi connectivity index (χ2v) is 11.9. The van der Waals surface area contributed by atoms with Gasteiger partial charge in [0, 0.05) is 19.3 Å². The van der Waals surface area contributed by atoms with Crippen molar-refractivity contribution in [3.8, 4) is 0 Å². The van der Waals surface area contributed by atoms with Crippen molar-refractivity contribution in [3.63, 3.8) is 0 Å². The van der Waals surface area contributed by atoms with Crippen molar-refractivity contribution in [2.75, 3.05) is 0 Å². The molecule has 0 amide bonds. The fraction of sp³-hybridized carbons (Fsp3) is 0.923. The summed E-state index contributed by atoms with van der Waals surface area (Å²) in [5.41, 5.74) is 0.434. The van der Waals surface area contributed by atoms with Crippen LogP contribution in [0.1, 0.15) is 91.9 Å². The molecule has 4 aliphatic carbocycles. The van der Waals surface area contributed by atoms with Gasteiger partial charge >= 0.3 is 11.9 Å². The van der Waals surface area contributed by atoms with Gasteiger partial charge < -0.3 is 14.9 Å². The number of carbonyl (C=O) groups excluding carboxylic acids is 1. The number of aliphatic carboxylic acids is 1. The molecule has 0 aromatic heterocycles. The lowest BCUT2D eigenvalue weighted by molar-refractivity contribution is -0.194. The highest BCUT2D eigenvalue weighted by Crippen LogP contribution is 2.68. The van der Waals surface area contributed by atoms with Gasteiger partial charge in [0.1, 0.15) is 6.10 Å². The van der Waals surface area contributed by atoms with Gasteiger partial charge in [0.15, 0.2) is 0 Å². The van der Waals surface area contributed by atoms with Crippen LogP contribution in [-0.4, -0.2) is 34.4 Å². The molecule has 4 rings (SSSR count). The molecule has 5 nitrogen and oxygen atoms in total. The third kappa shape index (κ3) is 3.94. The second-order valence-electron chi connectivity index (χ2n) is 11.9. The lowest BCUT2D eigenvalue weighted by Gasteiger charge is -2.62. The van der Waals surface area contributed by atoms with E-state index in [9.17, 15) is 14.7 Å². The molecule has 0 spiro atoms. The zero-order chi connectivity index (χ0) is 22.6. The standard InChI is InChI=1S/C26H42O5/c1-15(5-8-23(29)30)19-6-7-20-24-21(10-12-26(19,20)4)25(3)11-9-18(28)13-17(25)14-22(24)31-16(2)27/h15,17-22,24,28H,5-14H2,1-4H3,(H,29,30)/t15-,17?,18-,19?,20?,21?,22+,24?,25+,26-/m1/s1. The third-order valence-corrected chi connectivity index (χ3v) is 10.5. The quantitative estimate of drug-likeness (QED) is 0.592. The second kappa shape index (κ2) is 8.35. The number of carbonyl (C=O) groups is 2. The molecule has 0 bridgehead atoms. The summed E-state index contributed by atoms with van der Waals surface area (Å²) < 4.78 is 6.02. The van der Waals surface area contributed by atoms with Crippen LogP contribution in [0.3, 0.4) is 0 Å². The van der Waals surface area contributed by atoms with Crippen molar-refractivity contribution < 1.29 is 24.5 Å². The minimum Gasteiger partial charge on any atom is -0.481 e. The topological polar surface area (TPSA) is 83.8 Å². The van der Waals surface area contributed by atoms with Crippen LogP contribution in [0.15, 0.2) is 0 Å². The Morgan fingerprint density at radius 1 is 1.03 bits per heavy atom. The number of carboxylic acid groups (broad SMARTS) is 1. The predicted octanol–water partition coefficient (Wildman–Crippen LogP) is 5.05. The van der Waals surface area contributed by atoms with Crippen molar-refractivity contribution in [2.45, 2.75) is 104 Å². The number of rotatable bonds is 5. The van der Waals surface area contributed by atoms with Gasteiger partial charge in [-0.15, -0.1) is 0 Å². The summed E-state index contributed by atoms with van der Waals surface area (Å²) in [5, 5.41) is 19.5. The lowest BCUT2D eigenvalue weighted by Crippen LogP contribution is -2.59. The normalized spacial score (nSPS) is 47.6. The number of aliphatic hydroxyl groups excluding tert-OH is 1. The first-order valence-electron chi connectivity index (χ1n) is 12.6. The molecular formula is C26H42O5. The van der Waals surface area contributed by atoms with E-state index in [1.807, 2.05) is 0 Å². The average molecular weight is 435 g/mol. The van der Waals surface area contributed by atoms with Gasteiger partial charge in [-0.1, -0.05) is 20.8 Å². The fourth-order valence-corrected chi connectivity index (χ4v) is 9.04. The Bertz CT molecular complexity index is 706. The van der Waals surface area contributed by atoms with Crippen molar-refractivity contribution in [1.29, 1.82) is 0 Å². The van der Waals surface area contributed by atoms with Gasteiger partial charge in [-0.3, -0.25) is 9.59 Å². The Balaban J connectivity index is 1.62. The van der Waals surface area contributed by atoms with E-state index < -0.39 is 5.97 Å². The van der Waals surface area contributed by atoms with Crippen molar-refractivity contribution >= 4 is 11.9 Å². The van der Waals surface area contributed by atoms with Crippen LogP contribution in [-0.2, 0) is 14.3 Å². The van der Waals surface area contributed by atoms with Gasteiger partial charge in [-0.2, -0.15) is 0 Å². The van der Waals surface area contributed by atoms with E-state index in [1.54, 1.807) is 0 Å². The van der Waals surface area contributed by atoms with Crippen LogP contribution >= 0.6 is 0 Å². The highest BCUT2D eigenvalue weighted by atomic mass is 16.5. The zero-order valence-electron chi connectivity index (χ0n) is 19.8. The maximum Gasteiger partial charge on any atom is 0.303 e. The van der Waals surface area contributed by atoms with Crippen molar-refractivity contribution in [3.05, 3.63) is 0 Å². The summed E-state index contributed by atoms with van der Waals surface area (Å²) in [6.07, 6.45) is 9.14. The van der Waals surface area contributed by atoms with Gasteiger partial charge in [0.05, 0.1) is 6.10 Å². The third-order valence-electron chi connectivity index (χ3n) is 10.5. The van der Waals surface area contributed by atoms with E-state index in [1.165, 1.54) is 26.2 Å². The molecule has 176 valence electrons. The summed E-state index contributed by atoms with van der Waals surface area (Å²) in [6.45, 7) is 8.69. The molecule has 5 heteroatoms. The smallest absolute Gasteiger partial charge is 0.303 e. The zero-order valence-corrected chi connectivity index (χ0v) is 19.8. The molecule has 2 N–H and O–H groups in total. The maximum atomic E-state index is 12.1. The maximum absolute atomic E-state index is 12.1. The number of ether oxygens (including phenoxy) is 1. The number of carboxylic acids is 1. The highest BCUT2D eigenvalue weighted by molar-refractivity contribution is 5.66. The first kappa shape index (κ1) is 23.1. The van der Waals surface area contributed by atoms with Gasteiger partial charge in [0.2, 0.25) is 0 Å².